The van der Waals surface area contributed by atoms with Crippen molar-refractivity contribution in [1.82, 2.24) is 9.78 Å². The summed E-state index contributed by atoms with van der Waals surface area (Å²) in [6.07, 6.45) is 0. The summed E-state index contributed by atoms with van der Waals surface area (Å²) in [4.78, 5) is 21.8. The molecule has 2 rings (SSSR count). The van der Waals surface area contributed by atoms with E-state index in [1.165, 1.54) is 4.68 Å². The number of primary amides is 2. The number of urea groups is 1. The molecule has 7 heteroatoms. The molecule has 98 valence electrons. The molecule has 5 N–H and O–H groups in total. The third-order valence-electron chi connectivity index (χ3n) is 2.60. The number of rotatable bonds is 3. The summed E-state index contributed by atoms with van der Waals surface area (Å²) in [5.41, 5.74) is 12.1. The van der Waals surface area contributed by atoms with Gasteiger partial charge in [0.1, 0.15) is 5.82 Å². The van der Waals surface area contributed by atoms with Gasteiger partial charge in [-0.25, -0.2) is 4.79 Å². The molecule has 0 atom stereocenters. The first-order valence-electron chi connectivity index (χ1n) is 5.48. The van der Waals surface area contributed by atoms with Crippen molar-refractivity contribution >= 4 is 17.8 Å². The van der Waals surface area contributed by atoms with Crippen molar-refractivity contribution < 1.29 is 9.59 Å². The molecule has 0 saturated heterocycles. The van der Waals surface area contributed by atoms with Crippen LogP contribution < -0.4 is 16.8 Å². The molecule has 3 amide bonds. The maximum absolute atomic E-state index is 11.0. The Labute approximate surface area is 109 Å². The Morgan fingerprint density at radius 2 is 1.84 bits per heavy atom. The first kappa shape index (κ1) is 12.6. The van der Waals surface area contributed by atoms with Crippen molar-refractivity contribution in [2.45, 2.75) is 0 Å². The van der Waals surface area contributed by atoms with E-state index in [1.807, 2.05) is 0 Å². The molecule has 0 aliphatic heterocycles. The fourth-order valence-electron chi connectivity index (χ4n) is 1.66. The van der Waals surface area contributed by atoms with Gasteiger partial charge in [-0.15, -0.1) is 0 Å². The van der Waals surface area contributed by atoms with Gasteiger partial charge in [-0.3, -0.25) is 14.8 Å². The van der Waals surface area contributed by atoms with Crippen molar-refractivity contribution in [3.8, 4) is 11.3 Å². The van der Waals surface area contributed by atoms with Gasteiger partial charge in [0.05, 0.1) is 5.69 Å². The van der Waals surface area contributed by atoms with E-state index in [4.69, 9.17) is 11.5 Å². The Balaban J connectivity index is 2.31. The van der Waals surface area contributed by atoms with E-state index in [9.17, 15) is 9.59 Å². The summed E-state index contributed by atoms with van der Waals surface area (Å²) in [5, 5.41) is 6.70. The summed E-state index contributed by atoms with van der Waals surface area (Å²) < 4.78 is 1.50. The standard InChI is InChI=1S/C12H13N5O2/c1-17-10(15-12(14)19)6-9(16-17)7-2-4-8(5-3-7)11(13)18/h2-6H,1H3,(H2,13,18)(H3,14,15,19). The number of carbonyl (C=O) groups is 2. The lowest BCUT2D eigenvalue weighted by atomic mass is 10.1. The number of carbonyl (C=O) groups excluding carboxylic acids is 2. The molecule has 0 aliphatic rings. The fourth-order valence-corrected chi connectivity index (χ4v) is 1.66. The lowest BCUT2D eigenvalue weighted by molar-refractivity contribution is 0.100. The maximum Gasteiger partial charge on any atom is 0.317 e. The summed E-state index contributed by atoms with van der Waals surface area (Å²) >= 11 is 0. The van der Waals surface area contributed by atoms with Gasteiger partial charge in [0.2, 0.25) is 5.91 Å². The average molecular weight is 259 g/mol. The smallest absolute Gasteiger partial charge is 0.317 e. The zero-order valence-electron chi connectivity index (χ0n) is 10.3. The number of nitrogens with one attached hydrogen (secondary N) is 1. The predicted molar refractivity (Wildman–Crippen MR) is 70.4 cm³/mol. The molecule has 7 nitrogen and oxygen atoms in total. The number of anilines is 1. The Kier molecular flexibility index (Phi) is 3.19. The highest BCUT2D eigenvalue weighted by Crippen LogP contribution is 2.21. The van der Waals surface area contributed by atoms with Gasteiger partial charge in [0, 0.05) is 24.2 Å². The molecule has 0 saturated carbocycles. The third kappa shape index (κ3) is 2.71. The number of benzene rings is 1. The minimum Gasteiger partial charge on any atom is -0.366 e. The minimum absolute atomic E-state index is 0.426. The Hall–Kier alpha value is -2.83. The summed E-state index contributed by atoms with van der Waals surface area (Å²) in [5.74, 6) is 0.00475. The molecule has 0 unspecified atom stereocenters. The van der Waals surface area contributed by atoms with Gasteiger partial charge < -0.3 is 11.5 Å². The SMILES string of the molecule is Cn1nc(-c2ccc(C(N)=O)cc2)cc1NC(N)=O. The minimum atomic E-state index is -0.654. The summed E-state index contributed by atoms with van der Waals surface area (Å²) in [6, 6.07) is 7.73. The van der Waals surface area contributed by atoms with Crippen LogP contribution in [0.5, 0.6) is 0 Å². The van der Waals surface area contributed by atoms with Crippen LogP contribution in [0.3, 0.4) is 0 Å². The number of aromatic nitrogens is 2. The van der Waals surface area contributed by atoms with E-state index < -0.39 is 11.9 Å². The molecule has 0 aliphatic carbocycles. The number of aryl methyl sites for hydroxylation is 1. The Morgan fingerprint density at radius 3 is 2.37 bits per heavy atom. The summed E-state index contributed by atoms with van der Waals surface area (Å²) in [6.45, 7) is 0. The van der Waals surface area contributed by atoms with Crippen molar-refractivity contribution in [3.05, 3.63) is 35.9 Å². The molecule has 0 radical (unpaired) electrons. The van der Waals surface area contributed by atoms with Gasteiger partial charge in [-0.2, -0.15) is 5.10 Å². The zero-order chi connectivity index (χ0) is 14.0. The lowest BCUT2D eigenvalue weighted by Gasteiger charge is -1.99. The molecule has 0 spiro atoms. The Morgan fingerprint density at radius 1 is 1.21 bits per heavy atom. The van der Waals surface area contributed by atoms with Gasteiger partial charge in [0.25, 0.3) is 0 Å². The van der Waals surface area contributed by atoms with Crippen LogP contribution >= 0.6 is 0 Å². The molecule has 0 fully saturated rings. The van der Waals surface area contributed by atoms with E-state index in [0.717, 1.165) is 5.56 Å². The van der Waals surface area contributed by atoms with Crippen LogP contribution in [-0.4, -0.2) is 21.7 Å². The quantitative estimate of drug-likeness (QED) is 0.752. The average Bonchev–Trinajstić information content (AvgIpc) is 2.70. The predicted octanol–water partition coefficient (Wildman–Crippen LogP) is 0.677. The van der Waals surface area contributed by atoms with E-state index in [1.54, 1.807) is 37.4 Å². The Bertz CT molecular complexity index is 630. The third-order valence-corrected chi connectivity index (χ3v) is 2.60. The molecule has 2 aromatic rings. The molecule has 1 aromatic heterocycles. The van der Waals surface area contributed by atoms with E-state index in [2.05, 4.69) is 10.4 Å². The van der Waals surface area contributed by atoms with Crippen molar-refractivity contribution in [1.29, 1.82) is 0 Å². The highest BCUT2D eigenvalue weighted by Gasteiger charge is 2.09. The van der Waals surface area contributed by atoms with Crippen LogP contribution in [0.2, 0.25) is 0 Å². The second-order valence-corrected chi connectivity index (χ2v) is 3.97. The number of nitrogens with zero attached hydrogens (tertiary/aromatic N) is 2. The van der Waals surface area contributed by atoms with Crippen molar-refractivity contribution in [2.75, 3.05) is 5.32 Å². The second-order valence-electron chi connectivity index (χ2n) is 3.97. The van der Waals surface area contributed by atoms with Gasteiger partial charge in [-0.05, 0) is 12.1 Å². The van der Waals surface area contributed by atoms with Gasteiger partial charge in [0.15, 0.2) is 0 Å². The number of hydrogen-bond acceptors (Lipinski definition) is 3. The zero-order valence-corrected chi connectivity index (χ0v) is 10.3. The second kappa shape index (κ2) is 4.81. The van der Waals surface area contributed by atoms with E-state index in [-0.39, 0.29) is 0 Å². The lowest BCUT2D eigenvalue weighted by Crippen LogP contribution is -2.20. The van der Waals surface area contributed by atoms with Crippen LogP contribution in [0.4, 0.5) is 10.6 Å². The molecule has 0 bridgehead atoms. The van der Waals surface area contributed by atoms with E-state index in [0.29, 0.717) is 17.1 Å². The highest BCUT2D eigenvalue weighted by atomic mass is 16.2. The van der Waals surface area contributed by atoms with Gasteiger partial charge >= 0.3 is 6.03 Å². The first-order valence-corrected chi connectivity index (χ1v) is 5.48. The van der Waals surface area contributed by atoms with Crippen LogP contribution in [0.15, 0.2) is 30.3 Å². The number of nitrogens with two attached hydrogens (primary N) is 2. The molecule has 1 aromatic carbocycles. The fraction of sp³-hybridized carbons (Fsp3) is 0.0833. The topological polar surface area (TPSA) is 116 Å². The summed E-state index contributed by atoms with van der Waals surface area (Å²) in [7, 11) is 1.69. The first-order chi connectivity index (χ1) is 8.97. The van der Waals surface area contributed by atoms with Gasteiger partial charge in [-0.1, -0.05) is 12.1 Å². The van der Waals surface area contributed by atoms with Crippen LogP contribution in [0, 0.1) is 0 Å². The number of hydrogen-bond donors (Lipinski definition) is 3. The molecule has 1 heterocycles. The maximum atomic E-state index is 11.0. The molecule has 19 heavy (non-hydrogen) atoms. The van der Waals surface area contributed by atoms with Crippen LogP contribution in [0.1, 0.15) is 10.4 Å². The molecular weight excluding hydrogens is 246 g/mol. The van der Waals surface area contributed by atoms with Crippen LogP contribution in [-0.2, 0) is 7.05 Å². The highest BCUT2D eigenvalue weighted by molar-refractivity contribution is 5.93. The monoisotopic (exact) mass is 259 g/mol. The van der Waals surface area contributed by atoms with Crippen LogP contribution in [0.25, 0.3) is 11.3 Å². The number of amides is 3. The van der Waals surface area contributed by atoms with E-state index >= 15 is 0 Å². The normalized spacial score (nSPS) is 10.2. The molecular formula is C12H13N5O2. The van der Waals surface area contributed by atoms with Crippen molar-refractivity contribution in [2.24, 2.45) is 18.5 Å². The van der Waals surface area contributed by atoms with Crippen molar-refractivity contribution in [3.63, 3.8) is 0 Å². The largest absolute Gasteiger partial charge is 0.366 e.